The molecule has 2 fully saturated rings. The van der Waals surface area contributed by atoms with Crippen molar-refractivity contribution in [1.29, 1.82) is 0 Å². The van der Waals surface area contributed by atoms with Crippen LogP contribution in [0.2, 0.25) is 0 Å². The molecule has 0 aromatic rings. The first-order chi connectivity index (χ1) is 14.0. The van der Waals surface area contributed by atoms with E-state index in [2.05, 4.69) is 15.6 Å². The molecule has 0 spiro atoms. The number of ether oxygens (including phenoxy) is 1. The van der Waals surface area contributed by atoms with E-state index in [1.807, 2.05) is 4.90 Å². The van der Waals surface area contributed by atoms with Gasteiger partial charge in [-0.25, -0.2) is 4.99 Å². The number of aliphatic imine (C=N–C) groups is 1. The van der Waals surface area contributed by atoms with Crippen LogP contribution in [0.15, 0.2) is 4.99 Å². The van der Waals surface area contributed by atoms with Crippen LogP contribution in [-0.4, -0.2) is 87.6 Å². The second-order valence-electron chi connectivity index (χ2n) is 8.38. The van der Waals surface area contributed by atoms with Gasteiger partial charge in [0.1, 0.15) is 6.54 Å². The monoisotopic (exact) mass is 537 g/mol. The zero-order valence-corrected chi connectivity index (χ0v) is 21.2. The maximum absolute atomic E-state index is 12.2. The quantitative estimate of drug-likeness (QED) is 0.281. The summed E-state index contributed by atoms with van der Waals surface area (Å²) in [7, 11) is 5.11. The molecule has 1 aliphatic heterocycles. The number of halogens is 1. The van der Waals surface area contributed by atoms with Gasteiger partial charge in [0, 0.05) is 46.9 Å². The maximum atomic E-state index is 12.2. The normalized spacial score (nSPS) is 18.5. The topological polar surface area (TPSA) is 86.3 Å². The van der Waals surface area contributed by atoms with Crippen molar-refractivity contribution < 1.29 is 14.3 Å². The van der Waals surface area contributed by atoms with Crippen molar-refractivity contribution in [2.24, 2.45) is 10.9 Å². The largest absolute Gasteiger partial charge is 0.384 e. The predicted octanol–water partition coefficient (Wildman–Crippen LogP) is 1.84. The second-order valence-corrected chi connectivity index (χ2v) is 8.38. The number of amides is 2. The zero-order chi connectivity index (χ0) is 21.1. The van der Waals surface area contributed by atoms with Gasteiger partial charge in [0.2, 0.25) is 11.8 Å². The molecule has 0 unspecified atom stereocenters. The van der Waals surface area contributed by atoms with Crippen molar-refractivity contribution in [2.75, 3.05) is 54.0 Å². The SMILES string of the molecule is COCCC(=O)N1CCC(NC(=NCC(=O)N(C)C)NCC2CCCCC2)CC1.I. The van der Waals surface area contributed by atoms with Crippen LogP contribution in [0.1, 0.15) is 51.4 Å². The molecule has 30 heavy (non-hydrogen) atoms. The number of nitrogens with one attached hydrogen (secondary N) is 2. The van der Waals surface area contributed by atoms with E-state index in [9.17, 15) is 9.59 Å². The van der Waals surface area contributed by atoms with Crippen LogP contribution >= 0.6 is 24.0 Å². The highest BCUT2D eigenvalue weighted by Crippen LogP contribution is 2.22. The molecule has 0 bridgehead atoms. The van der Waals surface area contributed by atoms with Gasteiger partial charge in [-0.15, -0.1) is 24.0 Å². The molecule has 0 aromatic carbocycles. The van der Waals surface area contributed by atoms with Crippen LogP contribution in [0.25, 0.3) is 0 Å². The molecule has 2 rings (SSSR count). The fourth-order valence-electron chi connectivity index (χ4n) is 3.89. The highest BCUT2D eigenvalue weighted by atomic mass is 127. The summed E-state index contributed by atoms with van der Waals surface area (Å²) in [4.78, 5) is 32.1. The van der Waals surface area contributed by atoms with E-state index in [0.717, 1.165) is 38.4 Å². The minimum atomic E-state index is -0.0117. The lowest BCUT2D eigenvalue weighted by molar-refractivity contribution is -0.133. The lowest BCUT2D eigenvalue weighted by Gasteiger charge is -2.33. The van der Waals surface area contributed by atoms with E-state index >= 15 is 0 Å². The van der Waals surface area contributed by atoms with Crippen LogP contribution < -0.4 is 10.6 Å². The first kappa shape index (κ1) is 26.9. The van der Waals surface area contributed by atoms with Crippen molar-refractivity contribution in [3.05, 3.63) is 0 Å². The summed E-state index contributed by atoms with van der Waals surface area (Å²) in [6.07, 6.45) is 8.68. The number of carbonyl (C=O) groups is 2. The van der Waals surface area contributed by atoms with Crippen LogP contribution in [0.4, 0.5) is 0 Å². The molecule has 0 radical (unpaired) electrons. The van der Waals surface area contributed by atoms with Crippen LogP contribution in [-0.2, 0) is 14.3 Å². The smallest absolute Gasteiger partial charge is 0.243 e. The average molecular weight is 537 g/mol. The minimum absolute atomic E-state index is 0. The van der Waals surface area contributed by atoms with E-state index in [0.29, 0.717) is 18.9 Å². The predicted molar refractivity (Wildman–Crippen MR) is 130 cm³/mol. The van der Waals surface area contributed by atoms with Crippen molar-refractivity contribution >= 4 is 41.8 Å². The Morgan fingerprint density at radius 2 is 1.77 bits per heavy atom. The zero-order valence-electron chi connectivity index (χ0n) is 18.8. The summed E-state index contributed by atoms with van der Waals surface area (Å²) >= 11 is 0. The van der Waals surface area contributed by atoms with Gasteiger partial charge in [0.05, 0.1) is 13.0 Å². The molecule has 0 atom stereocenters. The number of carbonyl (C=O) groups excluding carboxylic acids is 2. The van der Waals surface area contributed by atoms with Gasteiger partial charge in [0.15, 0.2) is 5.96 Å². The molecule has 8 nitrogen and oxygen atoms in total. The highest BCUT2D eigenvalue weighted by molar-refractivity contribution is 14.0. The fourth-order valence-corrected chi connectivity index (χ4v) is 3.89. The number of nitrogens with zero attached hydrogens (tertiary/aromatic N) is 3. The Hall–Kier alpha value is -1.10. The van der Waals surface area contributed by atoms with Crippen molar-refractivity contribution in [1.82, 2.24) is 20.4 Å². The number of piperidine rings is 1. The third kappa shape index (κ3) is 9.80. The summed E-state index contributed by atoms with van der Waals surface area (Å²) in [6.45, 7) is 3.00. The summed E-state index contributed by atoms with van der Waals surface area (Å²) in [5.41, 5.74) is 0. The number of hydrogen-bond acceptors (Lipinski definition) is 4. The van der Waals surface area contributed by atoms with Crippen LogP contribution in [0.3, 0.4) is 0 Å². The average Bonchev–Trinajstić information content (AvgIpc) is 2.74. The van der Waals surface area contributed by atoms with Crippen LogP contribution in [0.5, 0.6) is 0 Å². The van der Waals surface area contributed by atoms with E-state index in [-0.39, 0.29) is 48.4 Å². The first-order valence-corrected chi connectivity index (χ1v) is 11.0. The van der Waals surface area contributed by atoms with Gasteiger partial charge in [-0.05, 0) is 31.6 Å². The molecule has 2 amide bonds. The van der Waals surface area contributed by atoms with Gasteiger partial charge in [0.25, 0.3) is 0 Å². The van der Waals surface area contributed by atoms with Crippen molar-refractivity contribution in [3.63, 3.8) is 0 Å². The van der Waals surface area contributed by atoms with E-state index in [1.54, 1.807) is 26.1 Å². The van der Waals surface area contributed by atoms with E-state index in [1.165, 1.54) is 32.1 Å². The standard InChI is InChI=1S/C21H39N5O3.HI/c1-25(2)20(28)16-23-21(22-15-17-7-5-4-6-8-17)24-18-9-12-26(13-10-18)19(27)11-14-29-3;/h17-18H,4-16H2,1-3H3,(H2,22,23,24);1H. The molecule has 0 aromatic heterocycles. The molecule has 1 aliphatic carbocycles. The Bertz CT molecular complexity index is 545. The number of likely N-dealkylation sites (N-methyl/N-ethyl adjacent to an activating group) is 1. The molecule has 2 N–H and O–H groups in total. The lowest BCUT2D eigenvalue weighted by atomic mass is 9.89. The Morgan fingerprint density at radius 1 is 1.10 bits per heavy atom. The summed E-state index contributed by atoms with van der Waals surface area (Å²) in [6, 6.07) is 0.258. The Labute approximate surface area is 198 Å². The lowest BCUT2D eigenvalue weighted by Crippen LogP contribution is -2.50. The molecule has 2 aliphatic rings. The molecule has 1 heterocycles. The number of rotatable bonds is 8. The Balaban J connectivity index is 0.00000450. The second kappa shape index (κ2) is 14.8. The van der Waals surface area contributed by atoms with Gasteiger partial charge < -0.3 is 25.2 Å². The fraction of sp³-hybridized carbons (Fsp3) is 0.857. The number of hydrogen-bond donors (Lipinski definition) is 2. The van der Waals surface area contributed by atoms with Gasteiger partial charge in [-0.2, -0.15) is 0 Å². The number of guanidine groups is 1. The Kier molecular flexibility index (Phi) is 13.3. The molecule has 1 saturated carbocycles. The highest BCUT2D eigenvalue weighted by Gasteiger charge is 2.23. The number of likely N-dealkylation sites (tertiary alicyclic amines) is 1. The third-order valence-corrected chi connectivity index (χ3v) is 5.86. The minimum Gasteiger partial charge on any atom is -0.384 e. The Morgan fingerprint density at radius 3 is 2.37 bits per heavy atom. The molecule has 174 valence electrons. The number of methoxy groups -OCH3 is 1. The van der Waals surface area contributed by atoms with E-state index < -0.39 is 0 Å². The van der Waals surface area contributed by atoms with Crippen molar-refractivity contribution in [2.45, 2.75) is 57.4 Å². The third-order valence-electron chi connectivity index (χ3n) is 5.86. The van der Waals surface area contributed by atoms with Gasteiger partial charge in [-0.1, -0.05) is 19.3 Å². The maximum Gasteiger partial charge on any atom is 0.243 e. The molecule has 9 heteroatoms. The van der Waals surface area contributed by atoms with Crippen molar-refractivity contribution in [3.8, 4) is 0 Å². The van der Waals surface area contributed by atoms with Gasteiger partial charge >= 0.3 is 0 Å². The molecular weight excluding hydrogens is 497 g/mol. The first-order valence-electron chi connectivity index (χ1n) is 11.0. The summed E-state index contributed by atoms with van der Waals surface area (Å²) < 4.78 is 5.00. The van der Waals surface area contributed by atoms with E-state index in [4.69, 9.17) is 4.74 Å². The summed E-state index contributed by atoms with van der Waals surface area (Å²) in [5, 5.41) is 6.96. The van der Waals surface area contributed by atoms with Gasteiger partial charge in [-0.3, -0.25) is 9.59 Å². The molecule has 1 saturated heterocycles. The molecular formula is C21H40IN5O3. The van der Waals surface area contributed by atoms with Crippen LogP contribution in [0, 0.1) is 5.92 Å². The summed E-state index contributed by atoms with van der Waals surface area (Å²) in [5.74, 6) is 1.55.